The standard InChI is InChI=1S/C15H19ClN2O3/c1-10-6-7-17-13(8-10)15(21)18(9-14(19)20)12-4-2-11(16)3-5-12/h2-5,10,13,17H,6-9H2,1H3,(H,19,20). The van der Waals surface area contributed by atoms with Crippen LogP contribution >= 0.6 is 11.6 Å². The second kappa shape index (κ2) is 6.91. The lowest BCUT2D eigenvalue weighted by atomic mass is 9.93. The molecule has 1 aliphatic heterocycles. The summed E-state index contributed by atoms with van der Waals surface area (Å²) in [6.45, 7) is 2.52. The van der Waals surface area contributed by atoms with E-state index in [1.807, 2.05) is 0 Å². The van der Waals surface area contributed by atoms with Crippen molar-refractivity contribution in [2.75, 3.05) is 18.0 Å². The van der Waals surface area contributed by atoms with Gasteiger partial charge in [-0.15, -0.1) is 0 Å². The Morgan fingerprint density at radius 1 is 1.38 bits per heavy atom. The highest BCUT2D eigenvalue weighted by Crippen LogP contribution is 2.22. The van der Waals surface area contributed by atoms with Crippen LogP contribution in [0.5, 0.6) is 0 Å². The van der Waals surface area contributed by atoms with Gasteiger partial charge in [-0.1, -0.05) is 18.5 Å². The highest BCUT2D eigenvalue weighted by molar-refractivity contribution is 6.30. The Hall–Kier alpha value is -1.59. The highest BCUT2D eigenvalue weighted by atomic mass is 35.5. The molecule has 114 valence electrons. The van der Waals surface area contributed by atoms with Crippen LogP contribution in [0.25, 0.3) is 0 Å². The van der Waals surface area contributed by atoms with Crippen LogP contribution in [-0.2, 0) is 9.59 Å². The fourth-order valence-electron chi connectivity index (χ4n) is 2.54. The minimum Gasteiger partial charge on any atom is -0.480 e. The van der Waals surface area contributed by atoms with Gasteiger partial charge in [0, 0.05) is 10.7 Å². The van der Waals surface area contributed by atoms with Crippen molar-refractivity contribution in [3.8, 4) is 0 Å². The first-order valence-corrected chi connectivity index (χ1v) is 7.37. The van der Waals surface area contributed by atoms with E-state index in [0.717, 1.165) is 19.4 Å². The number of aliphatic carboxylic acids is 1. The van der Waals surface area contributed by atoms with Gasteiger partial charge in [0.15, 0.2) is 0 Å². The lowest BCUT2D eigenvalue weighted by Crippen LogP contribution is -2.51. The van der Waals surface area contributed by atoms with Gasteiger partial charge in [0.25, 0.3) is 0 Å². The molecule has 1 fully saturated rings. The van der Waals surface area contributed by atoms with E-state index in [1.54, 1.807) is 24.3 Å². The van der Waals surface area contributed by atoms with Crippen molar-refractivity contribution in [2.24, 2.45) is 5.92 Å². The smallest absolute Gasteiger partial charge is 0.323 e. The van der Waals surface area contributed by atoms with Crippen molar-refractivity contribution in [3.05, 3.63) is 29.3 Å². The summed E-state index contributed by atoms with van der Waals surface area (Å²) in [5.41, 5.74) is 0.548. The van der Waals surface area contributed by atoms with E-state index in [4.69, 9.17) is 16.7 Å². The van der Waals surface area contributed by atoms with E-state index in [-0.39, 0.29) is 18.5 Å². The zero-order valence-corrected chi connectivity index (χ0v) is 12.6. The number of carboxylic acids is 1. The quantitative estimate of drug-likeness (QED) is 0.894. The summed E-state index contributed by atoms with van der Waals surface area (Å²) in [5, 5.41) is 12.8. The molecule has 1 aromatic rings. The van der Waals surface area contributed by atoms with Crippen LogP contribution in [0.2, 0.25) is 5.02 Å². The minimum atomic E-state index is -1.04. The SMILES string of the molecule is CC1CCNC(C(=O)N(CC(=O)O)c2ccc(Cl)cc2)C1. The molecule has 5 nitrogen and oxygen atoms in total. The number of rotatable bonds is 4. The zero-order chi connectivity index (χ0) is 15.4. The molecule has 1 aromatic carbocycles. The number of benzene rings is 1. The van der Waals surface area contributed by atoms with Gasteiger partial charge in [0.05, 0.1) is 6.04 Å². The summed E-state index contributed by atoms with van der Waals surface area (Å²) in [6, 6.07) is 6.29. The molecule has 21 heavy (non-hydrogen) atoms. The third-order valence-electron chi connectivity index (χ3n) is 3.66. The van der Waals surface area contributed by atoms with Gasteiger partial charge in [0.2, 0.25) is 5.91 Å². The van der Waals surface area contributed by atoms with E-state index in [9.17, 15) is 9.59 Å². The molecule has 0 radical (unpaired) electrons. The number of hydrogen-bond donors (Lipinski definition) is 2. The van der Waals surface area contributed by atoms with Crippen LogP contribution in [0.4, 0.5) is 5.69 Å². The van der Waals surface area contributed by atoms with Crippen LogP contribution < -0.4 is 10.2 Å². The summed E-state index contributed by atoms with van der Waals surface area (Å²) in [6.07, 6.45) is 1.76. The van der Waals surface area contributed by atoms with Gasteiger partial charge < -0.3 is 10.4 Å². The molecular formula is C15H19ClN2O3. The number of hydrogen-bond acceptors (Lipinski definition) is 3. The number of carbonyl (C=O) groups is 2. The lowest BCUT2D eigenvalue weighted by Gasteiger charge is -2.31. The summed E-state index contributed by atoms with van der Waals surface area (Å²) < 4.78 is 0. The number of halogens is 1. The van der Waals surface area contributed by atoms with Crippen LogP contribution in [0.1, 0.15) is 19.8 Å². The molecule has 2 N–H and O–H groups in total. The molecule has 6 heteroatoms. The Morgan fingerprint density at radius 3 is 2.62 bits per heavy atom. The van der Waals surface area contributed by atoms with Crippen molar-refractivity contribution in [1.29, 1.82) is 0 Å². The highest BCUT2D eigenvalue weighted by Gasteiger charge is 2.30. The topological polar surface area (TPSA) is 69.6 Å². The third-order valence-corrected chi connectivity index (χ3v) is 3.91. The molecule has 1 amide bonds. The van der Waals surface area contributed by atoms with Crippen molar-refractivity contribution < 1.29 is 14.7 Å². The summed E-state index contributed by atoms with van der Waals surface area (Å²) in [7, 11) is 0. The lowest BCUT2D eigenvalue weighted by molar-refractivity contribution is -0.137. The molecule has 2 atom stereocenters. The van der Waals surface area contributed by atoms with Gasteiger partial charge in [-0.05, 0) is 49.6 Å². The number of piperidine rings is 1. The minimum absolute atomic E-state index is 0.203. The predicted molar refractivity (Wildman–Crippen MR) is 81.6 cm³/mol. The number of carbonyl (C=O) groups excluding carboxylic acids is 1. The molecule has 0 spiro atoms. The maximum atomic E-state index is 12.6. The summed E-state index contributed by atoms with van der Waals surface area (Å²) in [5.74, 6) is -0.787. The van der Waals surface area contributed by atoms with E-state index in [0.29, 0.717) is 16.6 Å². The van der Waals surface area contributed by atoms with Crippen LogP contribution in [0.3, 0.4) is 0 Å². The molecule has 0 bridgehead atoms. The number of amides is 1. The predicted octanol–water partition coefficient (Wildman–Crippen LogP) is 2.15. The Labute approximate surface area is 128 Å². The molecule has 0 aromatic heterocycles. The first-order chi connectivity index (χ1) is 9.97. The van der Waals surface area contributed by atoms with E-state index >= 15 is 0 Å². The summed E-state index contributed by atoms with van der Waals surface area (Å²) >= 11 is 5.84. The maximum absolute atomic E-state index is 12.6. The molecule has 0 saturated carbocycles. The second-order valence-corrected chi connectivity index (χ2v) is 5.87. The van der Waals surface area contributed by atoms with Gasteiger partial charge in [-0.3, -0.25) is 14.5 Å². The molecule has 2 rings (SSSR count). The number of nitrogens with one attached hydrogen (secondary N) is 1. The Kier molecular flexibility index (Phi) is 5.20. The molecule has 1 saturated heterocycles. The van der Waals surface area contributed by atoms with Crippen molar-refractivity contribution in [3.63, 3.8) is 0 Å². The van der Waals surface area contributed by atoms with Gasteiger partial charge in [0.1, 0.15) is 6.54 Å². The Morgan fingerprint density at radius 2 is 2.05 bits per heavy atom. The van der Waals surface area contributed by atoms with Crippen molar-refractivity contribution in [1.82, 2.24) is 5.32 Å². The maximum Gasteiger partial charge on any atom is 0.323 e. The van der Waals surface area contributed by atoms with Crippen molar-refractivity contribution in [2.45, 2.75) is 25.8 Å². The van der Waals surface area contributed by atoms with Crippen LogP contribution in [0.15, 0.2) is 24.3 Å². The van der Waals surface area contributed by atoms with Gasteiger partial charge >= 0.3 is 5.97 Å². The molecule has 1 heterocycles. The largest absolute Gasteiger partial charge is 0.480 e. The van der Waals surface area contributed by atoms with E-state index in [1.165, 1.54) is 4.90 Å². The van der Waals surface area contributed by atoms with Crippen LogP contribution in [0, 0.1) is 5.92 Å². The Bertz CT molecular complexity index is 518. The summed E-state index contributed by atoms with van der Waals surface area (Å²) in [4.78, 5) is 25.0. The first-order valence-electron chi connectivity index (χ1n) is 6.99. The fourth-order valence-corrected chi connectivity index (χ4v) is 2.66. The monoisotopic (exact) mass is 310 g/mol. The van der Waals surface area contributed by atoms with E-state index < -0.39 is 5.97 Å². The van der Waals surface area contributed by atoms with Gasteiger partial charge in [-0.25, -0.2) is 0 Å². The van der Waals surface area contributed by atoms with E-state index in [2.05, 4.69) is 12.2 Å². The van der Waals surface area contributed by atoms with Gasteiger partial charge in [-0.2, -0.15) is 0 Å². The number of carboxylic acid groups (broad SMARTS) is 1. The Balaban J connectivity index is 2.20. The fraction of sp³-hybridized carbons (Fsp3) is 0.467. The number of nitrogens with zero attached hydrogens (tertiary/aromatic N) is 1. The van der Waals surface area contributed by atoms with Crippen LogP contribution in [-0.4, -0.2) is 36.1 Å². The average Bonchev–Trinajstić information content (AvgIpc) is 2.45. The molecule has 2 unspecified atom stereocenters. The average molecular weight is 311 g/mol. The number of anilines is 1. The molecular weight excluding hydrogens is 292 g/mol. The third kappa shape index (κ3) is 4.19. The normalized spacial score (nSPS) is 21.8. The molecule has 1 aliphatic rings. The zero-order valence-electron chi connectivity index (χ0n) is 11.9. The molecule has 0 aliphatic carbocycles. The second-order valence-electron chi connectivity index (χ2n) is 5.43. The first kappa shape index (κ1) is 15.8. The van der Waals surface area contributed by atoms with Crippen molar-refractivity contribution >= 4 is 29.2 Å².